The van der Waals surface area contributed by atoms with Crippen LogP contribution in [0, 0.1) is 0 Å². The number of aromatic nitrogens is 1. The van der Waals surface area contributed by atoms with Crippen LogP contribution in [-0.2, 0) is 6.42 Å². The number of para-hydroxylation sites is 1. The van der Waals surface area contributed by atoms with E-state index in [0.29, 0.717) is 6.54 Å². The van der Waals surface area contributed by atoms with Gasteiger partial charge in [0.15, 0.2) is 0 Å². The molecule has 5 heteroatoms. The predicted molar refractivity (Wildman–Crippen MR) is 67.4 cm³/mol. The van der Waals surface area contributed by atoms with Gasteiger partial charge in [0.1, 0.15) is 0 Å². The number of nitrogens with two attached hydrogens (primary N) is 1. The lowest BCUT2D eigenvalue weighted by Crippen LogP contribution is -2.41. The summed E-state index contributed by atoms with van der Waals surface area (Å²) in [4.78, 5) is 16.0. The molecule has 0 aliphatic rings. The summed E-state index contributed by atoms with van der Waals surface area (Å²) < 4.78 is 0. The van der Waals surface area contributed by atoms with Crippen molar-refractivity contribution in [2.45, 2.75) is 6.42 Å². The van der Waals surface area contributed by atoms with Gasteiger partial charge in [0.05, 0.1) is 0 Å². The zero-order valence-corrected chi connectivity index (χ0v) is 9.73. The number of carbonyl (C=O) groups is 1. The maximum atomic E-state index is 11.2. The molecule has 0 radical (unpaired) electrons. The van der Waals surface area contributed by atoms with Crippen molar-refractivity contribution in [2.75, 3.05) is 13.6 Å². The maximum absolute atomic E-state index is 11.2. The second kappa shape index (κ2) is 4.88. The highest BCUT2D eigenvalue weighted by molar-refractivity contribution is 5.83. The molecule has 17 heavy (non-hydrogen) atoms. The first-order valence-corrected chi connectivity index (χ1v) is 5.49. The van der Waals surface area contributed by atoms with Crippen LogP contribution in [0.25, 0.3) is 10.9 Å². The number of nitrogens with zero attached hydrogens (tertiary/aromatic N) is 1. The van der Waals surface area contributed by atoms with E-state index in [9.17, 15) is 4.79 Å². The molecule has 2 amide bonds. The van der Waals surface area contributed by atoms with Crippen LogP contribution in [0.3, 0.4) is 0 Å². The lowest BCUT2D eigenvalue weighted by molar-refractivity contribution is 0.209. The minimum atomic E-state index is -0.273. The molecule has 0 saturated heterocycles. The van der Waals surface area contributed by atoms with E-state index < -0.39 is 0 Å². The average molecular weight is 232 g/mol. The number of hydrazine groups is 1. The Hall–Kier alpha value is -2.01. The highest BCUT2D eigenvalue weighted by Gasteiger charge is 2.08. The predicted octanol–water partition coefficient (Wildman–Crippen LogP) is 1.23. The topological polar surface area (TPSA) is 74.2 Å². The summed E-state index contributed by atoms with van der Waals surface area (Å²) in [5.74, 6) is 5.07. The third-order valence-corrected chi connectivity index (χ3v) is 2.86. The standard InChI is InChI=1S/C12H16N4O/c1-16(12(17)15-13)7-6-9-8-14-11-5-3-2-4-10(9)11/h2-5,8,14H,6-7,13H2,1H3,(H,15,17). The zero-order valence-electron chi connectivity index (χ0n) is 9.73. The molecule has 1 heterocycles. The summed E-state index contributed by atoms with van der Waals surface area (Å²) in [6, 6.07) is 7.84. The van der Waals surface area contributed by atoms with Crippen LogP contribution >= 0.6 is 0 Å². The molecule has 0 aliphatic heterocycles. The Morgan fingerprint density at radius 2 is 2.24 bits per heavy atom. The first kappa shape index (κ1) is 11.5. The van der Waals surface area contributed by atoms with Gasteiger partial charge in [-0.1, -0.05) is 18.2 Å². The van der Waals surface area contributed by atoms with Crippen LogP contribution in [-0.4, -0.2) is 29.5 Å². The third-order valence-electron chi connectivity index (χ3n) is 2.86. The largest absolute Gasteiger partial charge is 0.361 e. The highest BCUT2D eigenvalue weighted by Crippen LogP contribution is 2.18. The van der Waals surface area contributed by atoms with Crippen molar-refractivity contribution in [1.82, 2.24) is 15.3 Å². The van der Waals surface area contributed by atoms with Crippen LogP contribution in [0.2, 0.25) is 0 Å². The Kier molecular flexibility index (Phi) is 3.30. The molecule has 0 unspecified atom stereocenters. The first-order chi connectivity index (χ1) is 8.22. The average Bonchev–Trinajstić information content (AvgIpc) is 2.78. The second-order valence-corrected chi connectivity index (χ2v) is 3.98. The molecule has 0 saturated carbocycles. The van der Waals surface area contributed by atoms with Crippen LogP contribution in [0.5, 0.6) is 0 Å². The number of fused-ring (bicyclic) bond motifs is 1. The molecule has 5 nitrogen and oxygen atoms in total. The number of H-pyrrole nitrogens is 1. The number of hydrogen-bond acceptors (Lipinski definition) is 2. The molecule has 0 aliphatic carbocycles. The van der Waals surface area contributed by atoms with E-state index >= 15 is 0 Å². The van der Waals surface area contributed by atoms with E-state index in [2.05, 4.69) is 16.5 Å². The van der Waals surface area contributed by atoms with Crippen molar-refractivity contribution >= 4 is 16.9 Å². The van der Waals surface area contributed by atoms with E-state index in [1.165, 1.54) is 10.9 Å². The summed E-state index contributed by atoms with van der Waals surface area (Å²) >= 11 is 0. The fraction of sp³-hybridized carbons (Fsp3) is 0.250. The van der Waals surface area contributed by atoms with Gasteiger partial charge in [-0.25, -0.2) is 10.6 Å². The van der Waals surface area contributed by atoms with E-state index in [1.54, 1.807) is 11.9 Å². The fourth-order valence-electron chi connectivity index (χ4n) is 1.84. The first-order valence-electron chi connectivity index (χ1n) is 5.49. The van der Waals surface area contributed by atoms with Gasteiger partial charge in [0.25, 0.3) is 0 Å². The number of aromatic amines is 1. The Balaban J connectivity index is 2.07. The fourth-order valence-corrected chi connectivity index (χ4v) is 1.84. The Bertz CT molecular complexity index is 520. The molecule has 1 aromatic heterocycles. The minimum Gasteiger partial charge on any atom is -0.361 e. The number of likely N-dealkylation sites (N-methyl/N-ethyl adjacent to an activating group) is 1. The molecule has 2 aromatic rings. The summed E-state index contributed by atoms with van der Waals surface area (Å²) in [6.45, 7) is 0.630. The number of carbonyl (C=O) groups excluding carboxylic acids is 1. The number of amides is 2. The van der Waals surface area contributed by atoms with Gasteiger partial charge in [-0.2, -0.15) is 0 Å². The van der Waals surface area contributed by atoms with E-state index in [-0.39, 0.29) is 6.03 Å². The molecule has 4 N–H and O–H groups in total. The SMILES string of the molecule is CN(CCc1c[nH]c2ccccc12)C(=O)NN. The molecule has 0 bridgehead atoms. The van der Waals surface area contributed by atoms with Gasteiger partial charge in [-0.15, -0.1) is 0 Å². The minimum absolute atomic E-state index is 0.273. The van der Waals surface area contributed by atoms with Crippen LogP contribution in [0.1, 0.15) is 5.56 Å². The van der Waals surface area contributed by atoms with Gasteiger partial charge >= 0.3 is 6.03 Å². The molecule has 0 spiro atoms. The molecule has 0 fully saturated rings. The lowest BCUT2D eigenvalue weighted by atomic mass is 10.1. The van der Waals surface area contributed by atoms with Gasteiger partial charge in [-0.05, 0) is 18.1 Å². The van der Waals surface area contributed by atoms with Crippen molar-refractivity contribution in [3.63, 3.8) is 0 Å². The molecule has 0 atom stereocenters. The monoisotopic (exact) mass is 232 g/mol. The van der Waals surface area contributed by atoms with Gasteiger partial charge in [0.2, 0.25) is 0 Å². The summed E-state index contributed by atoms with van der Waals surface area (Å²) in [5.41, 5.74) is 4.44. The molecule has 2 rings (SSSR count). The van der Waals surface area contributed by atoms with E-state index in [0.717, 1.165) is 11.9 Å². The summed E-state index contributed by atoms with van der Waals surface area (Å²) in [6.07, 6.45) is 2.78. The number of rotatable bonds is 3. The van der Waals surface area contributed by atoms with Crippen LogP contribution in [0.4, 0.5) is 4.79 Å². The zero-order chi connectivity index (χ0) is 12.3. The molecule has 1 aromatic carbocycles. The van der Waals surface area contributed by atoms with Crippen molar-refractivity contribution in [3.8, 4) is 0 Å². The number of hydrogen-bond donors (Lipinski definition) is 3. The molecular formula is C12H16N4O. The maximum Gasteiger partial charge on any atom is 0.331 e. The number of urea groups is 1. The Morgan fingerprint density at radius 1 is 1.47 bits per heavy atom. The Morgan fingerprint density at radius 3 is 3.00 bits per heavy atom. The van der Waals surface area contributed by atoms with Gasteiger partial charge in [-0.3, -0.25) is 5.43 Å². The van der Waals surface area contributed by atoms with Crippen LogP contribution < -0.4 is 11.3 Å². The smallest absolute Gasteiger partial charge is 0.331 e. The second-order valence-electron chi connectivity index (χ2n) is 3.98. The van der Waals surface area contributed by atoms with Crippen LogP contribution in [0.15, 0.2) is 30.5 Å². The van der Waals surface area contributed by atoms with Crippen molar-refractivity contribution in [3.05, 3.63) is 36.0 Å². The van der Waals surface area contributed by atoms with Gasteiger partial charge in [0, 0.05) is 30.7 Å². The number of nitrogens with one attached hydrogen (secondary N) is 2. The lowest BCUT2D eigenvalue weighted by Gasteiger charge is -2.15. The summed E-state index contributed by atoms with van der Waals surface area (Å²) in [5, 5.41) is 1.20. The quantitative estimate of drug-likeness (QED) is 0.423. The Labute approximate surface area is 99.6 Å². The van der Waals surface area contributed by atoms with E-state index in [4.69, 9.17) is 5.84 Å². The highest BCUT2D eigenvalue weighted by atomic mass is 16.2. The normalized spacial score (nSPS) is 10.5. The van der Waals surface area contributed by atoms with Crippen molar-refractivity contribution < 1.29 is 4.79 Å². The molecule has 90 valence electrons. The van der Waals surface area contributed by atoms with E-state index in [1.807, 2.05) is 24.4 Å². The third kappa shape index (κ3) is 2.39. The molecular weight excluding hydrogens is 216 g/mol. The van der Waals surface area contributed by atoms with Crippen molar-refractivity contribution in [1.29, 1.82) is 0 Å². The number of benzene rings is 1. The van der Waals surface area contributed by atoms with Crippen molar-refractivity contribution in [2.24, 2.45) is 5.84 Å². The summed E-state index contributed by atoms with van der Waals surface area (Å²) in [7, 11) is 1.72. The van der Waals surface area contributed by atoms with Gasteiger partial charge < -0.3 is 9.88 Å².